The molecule has 18 heavy (non-hydrogen) atoms. The number of carbonyl (C=O) groups is 2. The normalized spacial score (nSPS) is 10.3. The van der Waals surface area contributed by atoms with Gasteiger partial charge in [-0.3, -0.25) is 4.79 Å². The zero-order valence-electron chi connectivity index (χ0n) is 8.81. The van der Waals surface area contributed by atoms with Gasteiger partial charge in [0.15, 0.2) is 12.0 Å². The summed E-state index contributed by atoms with van der Waals surface area (Å²) < 4.78 is 5.20. The minimum absolute atomic E-state index is 0.0641. The van der Waals surface area contributed by atoms with Crippen LogP contribution in [0.4, 0.5) is 0 Å². The van der Waals surface area contributed by atoms with Gasteiger partial charge in [0.25, 0.3) is 0 Å². The van der Waals surface area contributed by atoms with Gasteiger partial charge in [-0.1, -0.05) is 23.2 Å². The van der Waals surface area contributed by atoms with Crippen LogP contribution in [-0.2, 0) is 0 Å². The lowest BCUT2D eigenvalue weighted by molar-refractivity contribution is 0.0697. The second-order valence-corrected chi connectivity index (χ2v) is 4.17. The van der Waals surface area contributed by atoms with E-state index in [2.05, 4.69) is 0 Å². The first kappa shape index (κ1) is 12.7. The number of aromatic carboxylic acids is 1. The summed E-state index contributed by atoms with van der Waals surface area (Å²) in [6.45, 7) is 0. The molecule has 2 rings (SSSR count). The number of aldehydes is 1. The van der Waals surface area contributed by atoms with Gasteiger partial charge in [0.2, 0.25) is 0 Å². The van der Waals surface area contributed by atoms with E-state index in [0.29, 0.717) is 17.6 Å². The van der Waals surface area contributed by atoms with Gasteiger partial charge in [-0.2, -0.15) is 0 Å². The minimum Gasteiger partial charge on any atom is -0.478 e. The van der Waals surface area contributed by atoms with Crippen molar-refractivity contribution in [3.05, 3.63) is 45.6 Å². The van der Waals surface area contributed by atoms with E-state index < -0.39 is 5.97 Å². The smallest absolute Gasteiger partial charge is 0.337 e. The number of benzene rings is 1. The Kier molecular flexibility index (Phi) is 3.41. The topological polar surface area (TPSA) is 67.5 Å². The van der Waals surface area contributed by atoms with E-state index in [1.807, 2.05) is 0 Å². The Morgan fingerprint density at radius 1 is 1.17 bits per heavy atom. The van der Waals surface area contributed by atoms with Crippen molar-refractivity contribution in [3.63, 3.8) is 0 Å². The minimum atomic E-state index is -1.17. The molecular weight excluding hydrogens is 279 g/mol. The molecule has 0 atom stereocenters. The quantitative estimate of drug-likeness (QED) is 0.872. The molecule has 0 saturated heterocycles. The highest BCUT2D eigenvalue weighted by Crippen LogP contribution is 2.36. The van der Waals surface area contributed by atoms with Crippen molar-refractivity contribution in [1.82, 2.24) is 0 Å². The van der Waals surface area contributed by atoms with Crippen LogP contribution in [0.2, 0.25) is 10.0 Å². The van der Waals surface area contributed by atoms with Gasteiger partial charge in [-0.25, -0.2) is 4.79 Å². The number of carbonyl (C=O) groups excluding carboxylic acids is 1. The average Bonchev–Trinajstić information content (AvgIpc) is 2.80. The fourth-order valence-electron chi connectivity index (χ4n) is 1.47. The van der Waals surface area contributed by atoms with Crippen LogP contribution in [-0.4, -0.2) is 17.4 Å². The predicted molar refractivity (Wildman–Crippen MR) is 66.5 cm³/mol. The van der Waals surface area contributed by atoms with Crippen molar-refractivity contribution < 1.29 is 19.1 Å². The number of carboxylic acid groups (broad SMARTS) is 1. The molecule has 1 aromatic heterocycles. The van der Waals surface area contributed by atoms with Crippen molar-refractivity contribution in [3.8, 4) is 11.3 Å². The molecule has 0 spiro atoms. The van der Waals surface area contributed by atoms with E-state index in [9.17, 15) is 9.59 Å². The first-order chi connectivity index (χ1) is 8.54. The van der Waals surface area contributed by atoms with E-state index in [4.69, 9.17) is 32.7 Å². The summed E-state index contributed by atoms with van der Waals surface area (Å²) in [6, 6.07) is 5.85. The summed E-state index contributed by atoms with van der Waals surface area (Å²) in [5.41, 5.74) is 0.340. The molecule has 92 valence electrons. The number of furan rings is 1. The summed E-state index contributed by atoms with van der Waals surface area (Å²) in [5, 5.41) is 8.89. The second-order valence-electron chi connectivity index (χ2n) is 3.41. The zero-order chi connectivity index (χ0) is 13.3. The lowest BCUT2D eigenvalue weighted by atomic mass is 10.1. The molecule has 1 heterocycles. The third-order valence-corrected chi connectivity index (χ3v) is 3.20. The summed E-state index contributed by atoms with van der Waals surface area (Å²) in [7, 11) is 0. The van der Waals surface area contributed by atoms with Crippen LogP contribution in [0.5, 0.6) is 0 Å². The average molecular weight is 285 g/mol. The highest BCUT2D eigenvalue weighted by molar-refractivity contribution is 6.45. The van der Waals surface area contributed by atoms with E-state index in [-0.39, 0.29) is 21.4 Å². The van der Waals surface area contributed by atoms with Gasteiger partial charge in [-0.15, -0.1) is 0 Å². The molecule has 0 aliphatic carbocycles. The first-order valence-corrected chi connectivity index (χ1v) is 5.57. The molecule has 0 bridgehead atoms. The Morgan fingerprint density at radius 3 is 2.44 bits per heavy atom. The molecule has 0 fully saturated rings. The number of hydrogen-bond donors (Lipinski definition) is 1. The van der Waals surface area contributed by atoms with Crippen molar-refractivity contribution in [1.29, 1.82) is 0 Å². The number of halogens is 2. The highest BCUT2D eigenvalue weighted by atomic mass is 35.5. The zero-order valence-corrected chi connectivity index (χ0v) is 10.3. The maximum Gasteiger partial charge on any atom is 0.337 e. The molecule has 0 unspecified atom stereocenters. The van der Waals surface area contributed by atoms with E-state index in [1.54, 1.807) is 6.07 Å². The Bertz CT molecular complexity index is 631. The fraction of sp³-hybridized carbons (Fsp3) is 0. The van der Waals surface area contributed by atoms with Gasteiger partial charge in [0, 0.05) is 5.56 Å². The predicted octanol–water partition coefficient (Wildman–Crippen LogP) is 3.76. The molecule has 2 aromatic rings. The maximum atomic E-state index is 10.9. The van der Waals surface area contributed by atoms with E-state index in [0.717, 1.165) is 0 Å². The number of carboxylic acids is 1. The highest BCUT2D eigenvalue weighted by Gasteiger charge is 2.17. The number of hydrogen-bond acceptors (Lipinski definition) is 3. The standard InChI is InChI=1S/C12H6Cl2O4/c13-10-7(9-4-1-6(5-15)18-9)2-3-8(11(10)14)12(16)17/h1-5H,(H,16,17). The van der Waals surface area contributed by atoms with E-state index >= 15 is 0 Å². The lowest BCUT2D eigenvalue weighted by Crippen LogP contribution is -1.98. The Labute approximate surface area is 112 Å². The van der Waals surface area contributed by atoms with Gasteiger partial charge >= 0.3 is 5.97 Å². The third kappa shape index (κ3) is 2.12. The summed E-state index contributed by atoms with van der Waals surface area (Å²) in [5.74, 6) is -0.665. The molecule has 0 amide bonds. The summed E-state index contributed by atoms with van der Waals surface area (Å²) in [6.07, 6.45) is 0.560. The fourth-order valence-corrected chi connectivity index (χ4v) is 1.97. The van der Waals surface area contributed by atoms with Gasteiger partial charge in [0.05, 0.1) is 15.6 Å². The van der Waals surface area contributed by atoms with Gasteiger partial charge < -0.3 is 9.52 Å². The first-order valence-electron chi connectivity index (χ1n) is 4.81. The van der Waals surface area contributed by atoms with Crippen molar-refractivity contribution >= 4 is 35.5 Å². The van der Waals surface area contributed by atoms with Crippen molar-refractivity contribution in [2.24, 2.45) is 0 Å². The van der Waals surface area contributed by atoms with Crippen LogP contribution in [0.1, 0.15) is 20.9 Å². The molecule has 0 aliphatic heterocycles. The largest absolute Gasteiger partial charge is 0.478 e. The Balaban J connectivity index is 2.56. The lowest BCUT2D eigenvalue weighted by Gasteiger charge is -2.05. The molecule has 0 radical (unpaired) electrons. The SMILES string of the molecule is O=Cc1ccc(-c2ccc(C(=O)O)c(Cl)c2Cl)o1. The molecule has 0 aliphatic rings. The van der Waals surface area contributed by atoms with Crippen LogP contribution in [0.15, 0.2) is 28.7 Å². The Morgan fingerprint density at radius 2 is 1.89 bits per heavy atom. The molecule has 1 N–H and O–H groups in total. The Hall–Kier alpha value is -1.78. The van der Waals surface area contributed by atoms with Crippen molar-refractivity contribution in [2.75, 3.05) is 0 Å². The monoisotopic (exact) mass is 284 g/mol. The van der Waals surface area contributed by atoms with Crippen LogP contribution < -0.4 is 0 Å². The van der Waals surface area contributed by atoms with Crippen LogP contribution >= 0.6 is 23.2 Å². The molecule has 4 nitrogen and oxygen atoms in total. The van der Waals surface area contributed by atoms with Crippen LogP contribution in [0, 0.1) is 0 Å². The van der Waals surface area contributed by atoms with Crippen LogP contribution in [0.25, 0.3) is 11.3 Å². The van der Waals surface area contributed by atoms with Crippen molar-refractivity contribution in [2.45, 2.75) is 0 Å². The molecule has 6 heteroatoms. The van der Waals surface area contributed by atoms with Gasteiger partial charge in [-0.05, 0) is 24.3 Å². The molecule has 0 saturated carbocycles. The second kappa shape index (κ2) is 4.84. The maximum absolute atomic E-state index is 10.9. The summed E-state index contributed by atoms with van der Waals surface area (Å²) in [4.78, 5) is 21.4. The molecule has 1 aromatic carbocycles. The van der Waals surface area contributed by atoms with Crippen LogP contribution in [0.3, 0.4) is 0 Å². The molecular formula is C12H6Cl2O4. The number of rotatable bonds is 3. The van der Waals surface area contributed by atoms with Gasteiger partial charge in [0.1, 0.15) is 5.76 Å². The van der Waals surface area contributed by atoms with E-state index in [1.165, 1.54) is 18.2 Å². The third-order valence-electron chi connectivity index (χ3n) is 2.32. The summed E-state index contributed by atoms with van der Waals surface area (Å²) >= 11 is 11.8.